The van der Waals surface area contributed by atoms with E-state index in [1.165, 1.54) is 0 Å². The predicted octanol–water partition coefficient (Wildman–Crippen LogP) is 4.30. The molecular weight excluding hydrogens is 396 g/mol. The van der Waals surface area contributed by atoms with Crippen molar-refractivity contribution < 1.29 is 23.5 Å². The lowest BCUT2D eigenvalue weighted by atomic mass is 10.2. The van der Waals surface area contributed by atoms with Gasteiger partial charge in [0.15, 0.2) is 6.61 Å². The molecule has 29 heavy (non-hydrogen) atoms. The highest BCUT2D eigenvalue weighted by molar-refractivity contribution is 6.33. The molecule has 4 rings (SSSR count). The van der Waals surface area contributed by atoms with Gasteiger partial charge in [-0.1, -0.05) is 28.9 Å². The molecule has 0 aliphatic carbocycles. The van der Waals surface area contributed by atoms with E-state index in [4.69, 9.17) is 30.3 Å². The Kier molecular flexibility index (Phi) is 6.07. The van der Waals surface area contributed by atoms with Gasteiger partial charge >= 0.3 is 5.97 Å². The maximum Gasteiger partial charge on any atom is 0.338 e. The summed E-state index contributed by atoms with van der Waals surface area (Å²) in [5.41, 5.74) is 1.05. The Hall–Kier alpha value is -2.90. The largest absolute Gasteiger partial charge is 0.491 e. The Bertz CT molecular complexity index is 967. The number of hydrogen-bond acceptors (Lipinski definition) is 7. The van der Waals surface area contributed by atoms with E-state index in [-0.39, 0.29) is 18.6 Å². The van der Waals surface area contributed by atoms with Crippen LogP contribution in [0.1, 0.15) is 29.1 Å². The van der Waals surface area contributed by atoms with Crippen LogP contribution in [0, 0.1) is 0 Å². The predicted molar refractivity (Wildman–Crippen MR) is 105 cm³/mol. The molecule has 150 valence electrons. The Labute approximate surface area is 172 Å². The number of esters is 1. The summed E-state index contributed by atoms with van der Waals surface area (Å²) in [6.07, 6.45) is 2.22. The number of halogens is 1. The molecule has 0 bridgehead atoms. The molecule has 0 spiro atoms. The number of rotatable bonds is 7. The molecule has 0 saturated carbocycles. The molecule has 1 aliphatic rings. The first-order chi connectivity index (χ1) is 14.2. The highest BCUT2D eigenvalue weighted by Crippen LogP contribution is 2.25. The molecule has 0 unspecified atom stereocenters. The Morgan fingerprint density at radius 2 is 2.00 bits per heavy atom. The quantitative estimate of drug-likeness (QED) is 0.533. The Morgan fingerprint density at radius 3 is 2.76 bits per heavy atom. The number of ether oxygens (including phenoxy) is 3. The van der Waals surface area contributed by atoms with E-state index in [0.717, 1.165) is 19.4 Å². The van der Waals surface area contributed by atoms with Crippen molar-refractivity contribution in [3.63, 3.8) is 0 Å². The number of carbonyl (C=O) groups excluding carboxylic acids is 1. The van der Waals surface area contributed by atoms with Crippen LogP contribution in [-0.2, 0) is 16.1 Å². The van der Waals surface area contributed by atoms with Crippen molar-refractivity contribution in [3.8, 4) is 17.1 Å². The summed E-state index contributed by atoms with van der Waals surface area (Å²) in [7, 11) is 0. The standard InChI is InChI=1S/C21H19ClN2O5/c22-18-6-2-1-5-17(18)20-23-19(29-24-20)13-28-21(25)14-7-9-15(10-8-14)27-12-16-4-3-11-26-16/h1-2,5-10,16H,3-4,11-13H2/t16-/m1/s1. The number of nitrogens with zero attached hydrogens (tertiary/aromatic N) is 2. The van der Waals surface area contributed by atoms with E-state index in [0.29, 0.717) is 34.3 Å². The third-order valence-electron chi connectivity index (χ3n) is 4.46. The van der Waals surface area contributed by atoms with Crippen LogP contribution in [0.5, 0.6) is 5.75 Å². The van der Waals surface area contributed by atoms with E-state index in [1.807, 2.05) is 12.1 Å². The SMILES string of the molecule is O=C(OCc1nc(-c2ccccc2Cl)no1)c1ccc(OC[C@H]2CCCO2)cc1. The van der Waals surface area contributed by atoms with Gasteiger partial charge in [-0.15, -0.1) is 0 Å². The first-order valence-corrected chi connectivity index (χ1v) is 9.66. The molecule has 7 nitrogen and oxygen atoms in total. The van der Waals surface area contributed by atoms with Crippen LogP contribution in [0.25, 0.3) is 11.4 Å². The maximum atomic E-state index is 12.2. The van der Waals surface area contributed by atoms with E-state index < -0.39 is 5.97 Å². The molecule has 1 atom stereocenters. The fourth-order valence-corrected chi connectivity index (χ4v) is 3.15. The van der Waals surface area contributed by atoms with E-state index in [9.17, 15) is 4.79 Å². The van der Waals surface area contributed by atoms with Crippen molar-refractivity contribution in [2.75, 3.05) is 13.2 Å². The molecule has 0 N–H and O–H groups in total. The Balaban J connectivity index is 1.30. The number of benzene rings is 2. The molecule has 2 aromatic carbocycles. The fourth-order valence-electron chi connectivity index (χ4n) is 2.93. The zero-order valence-corrected chi connectivity index (χ0v) is 16.3. The monoisotopic (exact) mass is 414 g/mol. The lowest BCUT2D eigenvalue weighted by Crippen LogP contribution is -2.16. The van der Waals surface area contributed by atoms with Crippen molar-refractivity contribution >= 4 is 17.6 Å². The topological polar surface area (TPSA) is 83.7 Å². The third-order valence-corrected chi connectivity index (χ3v) is 4.79. The molecule has 1 aliphatic heterocycles. The second-order valence-corrected chi connectivity index (χ2v) is 6.95. The molecule has 8 heteroatoms. The van der Waals surface area contributed by atoms with E-state index >= 15 is 0 Å². The summed E-state index contributed by atoms with van der Waals surface area (Å²) in [6.45, 7) is 1.17. The van der Waals surface area contributed by atoms with Gasteiger partial charge in [-0.25, -0.2) is 4.79 Å². The second-order valence-electron chi connectivity index (χ2n) is 6.54. The summed E-state index contributed by atoms with van der Waals surface area (Å²) in [6, 6.07) is 13.9. The fraction of sp³-hybridized carbons (Fsp3) is 0.286. The highest BCUT2D eigenvalue weighted by atomic mass is 35.5. The van der Waals surface area contributed by atoms with Gasteiger partial charge in [-0.05, 0) is 49.2 Å². The van der Waals surface area contributed by atoms with Crippen molar-refractivity contribution in [2.45, 2.75) is 25.6 Å². The van der Waals surface area contributed by atoms with Gasteiger partial charge < -0.3 is 18.7 Å². The smallest absolute Gasteiger partial charge is 0.338 e. The average molecular weight is 415 g/mol. The minimum Gasteiger partial charge on any atom is -0.491 e. The van der Waals surface area contributed by atoms with Gasteiger partial charge in [0.2, 0.25) is 5.82 Å². The number of hydrogen-bond donors (Lipinski definition) is 0. The molecule has 3 aromatic rings. The second kappa shape index (κ2) is 9.07. The molecule has 2 heterocycles. The third kappa shape index (κ3) is 4.93. The van der Waals surface area contributed by atoms with Gasteiger partial charge in [0.25, 0.3) is 5.89 Å². The van der Waals surface area contributed by atoms with Crippen LogP contribution in [-0.4, -0.2) is 35.4 Å². The van der Waals surface area contributed by atoms with Crippen LogP contribution in [0.15, 0.2) is 53.1 Å². The van der Waals surface area contributed by atoms with Crippen LogP contribution in [0.4, 0.5) is 0 Å². The molecule has 1 aromatic heterocycles. The summed E-state index contributed by atoms with van der Waals surface area (Å²) in [4.78, 5) is 16.4. The van der Waals surface area contributed by atoms with Crippen LogP contribution >= 0.6 is 11.6 Å². The minimum atomic E-state index is -0.492. The lowest BCUT2D eigenvalue weighted by Gasteiger charge is -2.11. The zero-order chi connectivity index (χ0) is 20.1. The first kappa shape index (κ1) is 19.4. The summed E-state index contributed by atoms with van der Waals surface area (Å²) < 4.78 is 21.6. The summed E-state index contributed by atoms with van der Waals surface area (Å²) >= 11 is 6.12. The van der Waals surface area contributed by atoms with Crippen LogP contribution in [0.2, 0.25) is 5.02 Å². The lowest BCUT2D eigenvalue weighted by molar-refractivity contribution is 0.0429. The van der Waals surface area contributed by atoms with Crippen molar-refractivity contribution in [1.29, 1.82) is 0 Å². The molecule has 0 radical (unpaired) electrons. The molecule has 1 fully saturated rings. The normalized spacial score (nSPS) is 16.0. The molecule has 1 saturated heterocycles. The van der Waals surface area contributed by atoms with Crippen LogP contribution in [0.3, 0.4) is 0 Å². The number of aromatic nitrogens is 2. The highest BCUT2D eigenvalue weighted by Gasteiger charge is 2.17. The summed E-state index contributed by atoms with van der Waals surface area (Å²) in [5.74, 6) is 0.714. The first-order valence-electron chi connectivity index (χ1n) is 9.28. The van der Waals surface area contributed by atoms with Gasteiger partial charge in [-0.2, -0.15) is 4.98 Å². The van der Waals surface area contributed by atoms with Crippen molar-refractivity contribution in [2.24, 2.45) is 0 Å². The van der Waals surface area contributed by atoms with E-state index in [1.54, 1.807) is 36.4 Å². The minimum absolute atomic E-state index is 0.131. The van der Waals surface area contributed by atoms with Crippen molar-refractivity contribution in [1.82, 2.24) is 10.1 Å². The van der Waals surface area contributed by atoms with Crippen LogP contribution < -0.4 is 4.74 Å². The van der Waals surface area contributed by atoms with Gasteiger partial charge in [-0.3, -0.25) is 0 Å². The molecule has 0 amide bonds. The summed E-state index contributed by atoms with van der Waals surface area (Å²) in [5, 5.41) is 4.39. The maximum absolute atomic E-state index is 12.2. The van der Waals surface area contributed by atoms with Gasteiger partial charge in [0, 0.05) is 12.2 Å². The average Bonchev–Trinajstić information content (AvgIpc) is 3.43. The van der Waals surface area contributed by atoms with E-state index in [2.05, 4.69) is 10.1 Å². The Morgan fingerprint density at radius 1 is 1.17 bits per heavy atom. The molecular formula is C21H19ClN2O5. The zero-order valence-electron chi connectivity index (χ0n) is 15.5. The van der Waals surface area contributed by atoms with Gasteiger partial charge in [0.1, 0.15) is 12.4 Å². The van der Waals surface area contributed by atoms with Crippen molar-refractivity contribution in [3.05, 3.63) is 65.0 Å². The van der Waals surface area contributed by atoms with Gasteiger partial charge in [0.05, 0.1) is 16.7 Å². The number of carbonyl (C=O) groups is 1.